The van der Waals surface area contributed by atoms with Gasteiger partial charge in [-0.1, -0.05) is 6.07 Å². The molecule has 0 saturated heterocycles. The van der Waals surface area contributed by atoms with Crippen molar-refractivity contribution in [2.24, 2.45) is 0 Å². The van der Waals surface area contributed by atoms with Crippen LogP contribution in [0.25, 0.3) is 10.6 Å². The van der Waals surface area contributed by atoms with Crippen LogP contribution < -0.4 is 20.9 Å². The predicted octanol–water partition coefficient (Wildman–Crippen LogP) is 3.32. The molecule has 0 aliphatic rings. The molecule has 1 aromatic carbocycles. The van der Waals surface area contributed by atoms with Gasteiger partial charge in [-0.2, -0.15) is 0 Å². The zero-order chi connectivity index (χ0) is 19.4. The topological polar surface area (TPSA) is 100 Å². The zero-order valence-corrected chi connectivity index (χ0v) is 15.5. The third-order valence-corrected chi connectivity index (χ3v) is 4.61. The molecule has 0 radical (unpaired) electrons. The van der Waals surface area contributed by atoms with E-state index in [1.807, 2.05) is 17.5 Å². The van der Waals surface area contributed by atoms with Crippen molar-refractivity contribution >= 4 is 34.5 Å². The van der Waals surface area contributed by atoms with Crippen molar-refractivity contribution in [1.29, 1.82) is 0 Å². The molecule has 8 heteroatoms. The number of amides is 2. The summed E-state index contributed by atoms with van der Waals surface area (Å²) in [4.78, 5) is 39.7. The highest BCUT2D eigenvalue weighted by atomic mass is 32.1. The molecule has 7 nitrogen and oxygen atoms in total. The van der Waals surface area contributed by atoms with E-state index in [-0.39, 0.29) is 11.5 Å². The predicted molar refractivity (Wildman–Crippen MR) is 106 cm³/mol. The number of carbonyl (C=O) groups is 2. The third-order valence-electron chi connectivity index (χ3n) is 3.71. The Hall–Kier alpha value is -3.39. The van der Waals surface area contributed by atoms with Gasteiger partial charge in [-0.3, -0.25) is 14.4 Å². The molecule has 0 aliphatic carbocycles. The molecular weight excluding hydrogens is 366 g/mol. The lowest BCUT2D eigenvalue weighted by molar-refractivity contribution is -0.114. The molecule has 0 saturated carbocycles. The number of hydrogen-bond acceptors (Lipinski definition) is 5. The van der Waals surface area contributed by atoms with Gasteiger partial charge < -0.3 is 20.4 Å². The molecule has 0 fully saturated rings. The number of aromatic amines is 1. The number of H-pyrrole nitrogens is 1. The van der Waals surface area contributed by atoms with E-state index < -0.39 is 11.5 Å². The average molecular weight is 383 g/mol. The van der Waals surface area contributed by atoms with Crippen LogP contribution in [-0.4, -0.2) is 23.9 Å². The Morgan fingerprint density at radius 1 is 1.11 bits per heavy atom. The molecule has 0 unspecified atom stereocenters. The van der Waals surface area contributed by atoms with Crippen LogP contribution in [0.5, 0.6) is 5.75 Å². The largest absolute Gasteiger partial charge is 0.495 e. The Morgan fingerprint density at radius 3 is 2.56 bits per heavy atom. The quantitative estimate of drug-likeness (QED) is 0.629. The van der Waals surface area contributed by atoms with Gasteiger partial charge in [0.2, 0.25) is 5.91 Å². The molecule has 138 valence electrons. The maximum absolute atomic E-state index is 12.5. The fourth-order valence-corrected chi connectivity index (χ4v) is 3.21. The van der Waals surface area contributed by atoms with Crippen LogP contribution in [0.3, 0.4) is 0 Å². The summed E-state index contributed by atoms with van der Waals surface area (Å²) < 4.78 is 5.18. The SMILES string of the molecule is COc1ccc(NC(=O)c2ccc(-c3cccs3)[nH]c2=O)cc1NC(C)=O. The van der Waals surface area contributed by atoms with Gasteiger partial charge in [-0.05, 0) is 41.8 Å². The van der Waals surface area contributed by atoms with E-state index in [0.717, 1.165) is 4.88 Å². The summed E-state index contributed by atoms with van der Waals surface area (Å²) in [6, 6.07) is 11.7. The summed E-state index contributed by atoms with van der Waals surface area (Å²) in [5.41, 5.74) is 1.01. The lowest BCUT2D eigenvalue weighted by Gasteiger charge is -2.12. The van der Waals surface area contributed by atoms with E-state index in [0.29, 0.717) is 22.8 Å². The summed E-state index contributed by atoms with van der Waals surface area (Å²) in [7, 11) is 1.48. The van der Waals surface area contributed by atoms with Gasteiger partial charge in [0.1, 0.15) is 11.3 Å². The first-order valence-electron chi connectivity index (χ1n) is 8.02. The van der Waals surface area contributed by atoms with Gasteiger partial charge >= 0.3 is 0 Å². The Bertz CT molecular complexity index is 1040. The molecule has 3 aromatic rings. The molecule has 0 atom stereocenters. The van der Waals surface area contributed by atoms with Crippen molar-refractivity contribution in [1.82, 2.24) is 4.98 Å². The summed E-state index contributed by atoms with van der Waals surface area (Å²) in [6.07, 6.45) is 0. The molecule has 2 amide bonds. The van der Waals surface area contributed by atoms with Crippen LogP contribution in [0.15, 0.2) is 52.6 Å². The number of nitrogens with one attached hydrogen (secondary N) is 3. The second-order valence-electron chi connectivity index (χ2n) is 5.64. The number of methoxy groups -OCH3 is 1. The first-order valence-corrected chi connectivity index (χ1v) is 8.90. The van der Waals surface area contributed by atoms with Crippen molar-refractivity contribution in [2.45, 2.75) is 6.92 Å². The molecular formula is C19H17N3O4S. The summed E-state index contributed by atoms with van der Waals surface area (Å²) >= 11 is 1.49. The van der Waals surface area contributed by atoms with Gasteiger partial charge in [0.15, 0.2) is 0 Å². The van der Waals surface area contributed by atoms with E-state index in [4.69, 9.17) is 4.74 Å². The Balaban J connectivity index is 1.83. The van der Waals surface area contributed by atoms with Gasteiger partial charge in [-0.15, -0.1) is 11.3 Å². The summed E-state index contributed by atoms with van der Waals surface area (Å²) in [5, 5.41) is 7.19. The summed E-state index contributed by atoms with van der Waals surface area (Å²) in [6.45, 7) is 1.37. The standard InChI is InChI=1S/C19H17N3O4S/c1-11(23)20-15-10-12(5-8-16(15)26-2)21-18(24)13-6-7-14(22-19(13)25)17-4-3-9-27-17/h3-10H,1-2H3,(H,20,23)(H,21,24)(H,22,25). The number of thiophene rings is 1. The first-order chi connectivity index (χ1) is 13.0. The van der Waals surface area contributed by atoms with Gasteiger partial charge in [0.25, 0.3) is 11.5 Å². The van der Waals surface area contributed by atoms with E-state index in [1.54, 1.807) is 24.3 Å². The molecule has 2 heterocycles. The number of anilines is 2. The van der Waals surface area contributed by atoms with Crippen LogP contribution in [0.4, 0.5) is 11.4 Å². The smallest absolute Gasteiger partial charge is 0.261 e. The third kappa shape index (κ3) is 4.24. The minimum Gasteiger partial charge on any atom is -0.495 e. The highest BCUT2D eigenvalue weighted by molar-refractivity contribution is 7.13. The molecule has 27 heavy (non-hydrogen) atoms. The van der Waals surface area contributed by atoms with Crippen LogP contribution in [0, 0.1) is 0 Å². The molecule has 3 rings (SSSR count). The number of hydrogen-bond donors (Lipinski definition) is 3. The lowest BCUT2D eigenvalue weighted by Crippen LogP contribution is -2.23. The van der Waals surface area contributed by atoms with E-state index >= 15 is 0 Å². The van der Waals surface area contributed by atoms with Gasteiger partial charge in [-0.25, -0.2) is 0 Å². The van der Waals surface area contributed by atoms with Crippen molar-refractivity contribution in [3.8, 4) is 16.3 Å². The van der Waals surface area contributed by atoms with Crippen molar-refractivity contribution in [3.63, 3.8) is 0 Å². The number of benzene rings is 1. The minimum absolute atomic E-state index is 0.00722. The van der Waals surface area contributed by atoms with Crippen LogP contribution in [-0.2, 0) is 4.79 Å². The molecule has 2 aromatic heterocycles. The number of aromatic nitrogens is 1. The Morgan fingerprint density at radius 2 is 1.93 bits per heavy atom. The van der Waals surface area contributed by atoms with Crippen molar-refractivity contribution in [2.75, 3.05) is 17.7 Å². The molecule has 0 aliphatic heterocycles. The minimum atomic E-state index is -0.548. The molecule has 3 N–H and O–H groups in total. The number of rotatable bonds is 5. The first kappa shape index (κ1) is 18.4. The van der Waals surface area contributed by atoms with E-state index in [9.17, 15) is 14.4 Å². The molecule has 0 spiro atoms. The fourth-order valence-electron chi connectivity index (χ4n) is 2.50. The second kappa shape index (κ2) is 7.88. The normalized spacial score (nSPS) is 10.3. The lowest BCUT2D eigenvalue weighted by atomic mass is 10.2. The van der Waals surface area contributed by atoms with Crippen LogP contribution in [0.2, 0.25) is 0 Å². The van der Waals surface area contributed by atoms with Crippen molar-refractivity contribution < 1.29 is 14.3 Å². The number of pyridine rings is 1. The second-order valence-corrected chi connectivity index (χ2v) is 6.59. The van der Waals surface area contributed by atoms with Gasteiger partial charge in [0, 0.05) is 12.6 Å². The zero-order valence-electron chi connectivity index (χ0n) is 14.7. The molecule has 0 bridgehead atoms. The Labute approximate surface area is 159 Å². The fraction of sp³-hybridized carbons (Fsp3) is 0.105. The van der Waals surface area contributed by atoms with E-state index in [2.05, 4.69) is 15.6 Å². The monoisotopic (exact) mass is 383 g/mol. The average Bonchev–Trinajstić information content (AvgIpc) is 3.16. The van der Waals surface area contributed by atoms with E-state index in [1.165, 1.54) is 31.4 Å². The highest BCUT2D eigenvalue weighted by Crippen LogP contribution is 2.28. The van der Waals surface area contributed by atoms with Crippen LogP contribution >= 0.6 is 11.3 Å². The van der Waals surface area contributed by atoms with Gasteiger partial charge in [0.05, 0.1) is 23.4 Å². The van der Waals surface area contributed by atoms with Crippen LogP contribution in [0.1, 0.15) is 17.3 Å². The Kier molecular flexibility index (Phi) is 5.37. The van der Waals surface area contributed by atoms with Crippen molar-refractivity contribution in [3.05, 3.63) is 63.8 Å². The maximum atomic E-state index is 12.5. The summed E-state index contributed by atoms with van der Waals surface area (Å²) in [5.74, 6) is -0.355. The number of ether oxygens (including phenoxy) is 1. The maximum Gasteiger partial charge on any atom is 0.261 e. The number of carbonyl (C=O) groups excluding carboxylic acids is 2. The highest BCUT2D eigenvalue weighted by Gasteiger charge is 2.14.